The molecule has 0 saturated carbocycles. The molecule has 1 saturated heterocycles. The molecule has 0 amide bonds. The van der Waals surface area contributed by atoms with Gasteiger partial charge in [-0.2, -0.15) is 0 Å². The molecule has 0 spiro atoms. The van der Waals surface area contributed by atoms with Gasteiger partial charge in [0.15, 0.2) is 0 Å². The van der Waals surface area contributed by atoms with Crippen LogP contribution in [0.15, 0.2) is 34.9 Å². The van der Waals surface area contributed by atoms with Gasteiger partial charge in [-0.3, -0.25) is 0 Å². The van der Waals surface area contributed by atoms with Gasteiger partial charge in [-0.25, -0.2) is 0 Å². The largest absolute Gasteiger partial charge is 0.393 e. The number of ether oxygens (including phenoxy) is 1. The van der Waals surface area contributed by atoms with Crippen molar-refractivity contribution in [2.24, 2.45) is 0 Å². The van der Waals surface area contributed by atoms with Gasteiger partial charge in [0.2, 0.25) is 0 Å². The summed E-state index contributed by atoms with van der Waals surface area (Å²) in [7, 11) is 0. The number of allylic oxidation sites excluding steroid dienone is 4. The van der Waals surface area contributed by atoms with Crippen LogP contribution in [0.25, 0.3) is 0 Å². The number of epoxide rings is 1. The minimum Gasteiger partial charge on any atom is -0.393 e. The smallest absolute Gasteiger partial charge is 0.106 e. The van der Waals surface area contributed by atoms with Crippen LogP contribution in [0.1, 0.15) is 59.8 Å². The van der Waals surface area contributed by atoms with Crippen molar-refractivity contribution in [2.45, 2.75) is 83.2 Å². The lowest BCUT2D eigenvalue weighted by molar-refractivity contribution is 0.0263. The average Bonchev–Trinajstić information content (AvgIpc) is 3.18. The van der Waals surface area contributed by atoms with E-state index in [2.05, 4.69) is 19.9 Å². The molecule has 2 rings (SSSR count). The summed E-state index contributed by atoms with van der Waals surface area (Å²) in [6.45, 7) is 7.36. The molecule has 24 heavy (non-hydrogen) atoms. The molecule has 3 N–H and O–H groups in total. The van der Waals surface area contributed by atoms with Crippen molar-refractivity contribution in [2.75, 3.05) is 6.61 Å². The second-order valence-electron chi connectivity index (χ2n) is 7.80. The lowest BCUT2D eigenvalue weighted by atomic mass is 9.88. The first-order valence-electron chi connectivity index (χ1n) is 8.90. The highest BCUT2D eigenvalue weighted by molar-refractivity contribution is 5.26. The van der Waals surface area contributed by atoms with Crippen LogP contribution in [-0.2, 0) is 4.74 Å². The predicted molar refractivity (Wildman–Crippen MR) is 95.7 cm³/mol. The fourth-order valence-electron chi connectivity index (χ4n) is 3.22. The number of hydrogen-bond donors (Lipinski definition) is 3. The summed E-state index contributed by atoms with van der Waals surface area (Å²) < 4.78 is 5.88. The van der Waals surface area contributed by atoms with Crippen molar-refractivity contribution in [3.63, 3.8) is 0 Å². The molecule has 136 valence electrons. The van der Waals surface area contributed by atoms with E-state index in [1.807, 2.05) is 19.1 Å². The Kier molecular flexibility index (Phi) is 6.08. The van der Waals surface area contributed by atoms with E-state index < -0.39 is 11.7 Å². The Hall–Kier alpha value is -0.940. The summed E-state index contributed by atoms with van der Waals surface area (Å²) in [6, 6.07) is 0. The lowest BCUT2D eigenvalue weighted by Gasteiger charge is -2.26. The van der Waals surface area contributed by atoms with E-state index in [9.17, 15) is 15.3 Å². The number of aliphatic hydroxyl groups is 3. The Bertz CT molecular complexity index is 544. The summed E-state index contributed by atoms with van der Waals surface area (Å²) >= 11 is 0. The van der Waals surface area contributed by atoms with Gasteiger partial charge in [-0.15, -0.1) is 0 Å². The Morgan fingerprint density at radius 2 is 2.04 bits per heavy atom. The standard InChI is InChI=1S/C20H32O4/c1-14-7-9-16(19(3,23)13-21)12-17(22)15(2)6-5-11-20(4)18(24-20)10-8-14/h6-7,9,17-18,21-23H,5,8,10-13H2,1-4H3. The second-order valence-corrected chi connectivity index (χ2v) is 7.80. The van der Waals surface area contributed by atoms with Gasteiger partial charge in [-0.05, 0) is 64.5 Å². The van der Waals surface area contributed by atoms with E-state index in [0.717, 1.165) is 31.3 Å². The molecule has 0 aromatic rings. The third-order valence-corrected chi connectivity index (χ3v) is 5.45. The van der Waals surface area contributed by atoms with E-state index in [0.29, 0.717) is 18.1 Å². The summed E-state index contributed by atoms with van der Waals surface area (Å²) in [4.78, 5) is 0. The maximum absolute atomic E-state index is 10.5. The number of aliphatic hydroxyl groups excluding tert-OH is 2. The Labute approximate surface area is 145 Å². The molecule has 0 bridgehead atoms. The highest BCUT2D eigenvalue weighted by atomic mass is 16.6. The first-order chi connectivity index (χ1) is 11.2. The quantitative estimate of drug-likeness (QED) is 0.535. The maximum Gasteiger partial charge on any atom is 0.106 e. The van der Waals surface area contributed by atoms with Crippen molar-refractivity contribution >= 4 is 0 Å². The fourth-order valence-corrected chi connectivity index (χ4v) is 3.22. The molecule has 2 aliphatic rings. The van der Waals surface area contributed by atoms with Gasteiger partial charge in [-0.1, -0.05) is 23.8 Å². The van der Waals surface area contributed by atoms with Crippen LogP contribution in [0.3, 0.4) is 0 Å². The van der Waals surface area contributed by atoms with E-state index >= 15 is 0 Å². The van der Waals surface area contributed by atoms with Crippen molar-refractivity contribution in [3.05, 3.63) is 34.9 Å². The van der Waals surface area contributed by atoms with Crippen LogP contribution in [0.5, 0.6) is 0 Å². The monoisotopic (exact) mass is 336 g/mol. The van der Waals surface area contributed by atoms with Gasteiger partial charge >= 0.3 is 0 Å². The molecule has 1 aliphatic carbocycles. The highest BCUT2D eigenvalue weighted by Gasteiger charge is 2.50. The molecule has 0 radical (unpaired) electrons. The molecule has 4 atom stereocenters. The Morgan fingerprint density at radius 1 is 1.33 bits per heavy atom. The van der Waals surface area contributed by atoms with Crippen molar-refractivity contribution in [1.82, 2.24) is 0 Å². The zero-order valence-corrected chi connectivity index (χ0v) is 15.4. The Balaban J connectivity index is 2.26. The van der Waals surface area contributed by atoms with E-state index in [1.165, 1.54) is 5.57 Å². The molecular weight excluding hydrogens is 304 g/mol. The van der Waals surface area contributed by atoms with Gasteiger partial charge < -0.3 is 20.1 Å². The third-order valence-electron chi connectivity index (χ3n) is 5.45. The topological polar surface area (TPSA) is 73.2 Å². The maximum atomic E-state index is 10.5. The molecule has 1 fully saturated rings. The van der Waals surface area contributed by atoms with Crippen LogP contribution in [0, 0.1) is 0 Å². The Morgan fingerprint density at radius 3 is 2.71 bits per heavy atom. The first-order valence-corrected chi connectivity index (χ1v) is 8.90. The van der Waals surface area contributed by atoms with Crippen LogP contribution in [-0.4, -0.2) is 45.3 Å². The normalized spacial score (nSPS) is 34.9. The van der Waals surface area contributed by atoms with E-state index in [-0.39, 0.29) is 12.2 Å². The molecule has 0 aromatic carbocycles. The molecule has 1 aliphatic heterocycles. The molecule has 1 heterocycles. The van der Waals surface area contributed by atoms with Crippen molar-refractivity contribution in [3.8, 4) is 0 Å². The van der Waals surface area contributed by atoms with E-state index in [4.69, 9.17) is 4.74 Å². The second kappa shape index (κ2) is 7.52. The zero-order valence-electron chi connectivity index (χ0n) is 15.4. The molecule has 4 nitrogen and oxygen atoms in total. The molecule has 0 aromatic heterocycles. The van der Waals surface area contributed by atoms with Crippen LogP contribution < -0.4 is 0 Å². The van der Waals surface area contributed by atoms with E-state index in [1.54, 1.807) is 6.92 Å². The summed E-state index contributed by atoms with van der Waals surface area (Å²) in [5.41, 5.74) is 1.40. The van der Waals surface area contributed by atoms with Crippen molar-refractivity contribution in [1.29, 1.82) is 0 Å². The summed E-state index contributed by atoms with van der Waals surface area (Å²) in [5.74, 6) is 0. The van der Waals surface area contributed by atoms with Crippen molar-refractivity contribution < 1.29 is 20.1 Å². The fraction of sp³-hybridized carbons (Fsp3) is 0.700. The average molecular weight is 336 g/mol. The molecule has 4 unspecified atom stereocenters. The van der Waals surface area contributed by atoms with Gasteiger partial charge in [0.25, 0.3) is 0 Å². The third kappa shape index (κ3) is 4.79. The number of rotatable bonds is 2. The summed E-state index contributed by atoms with van der Waals surface area (Å²) in [6.07, 6.45) is 9.65. The van der Waals surface area contributed by atoms with Gasteiger partial charge in [0.1, 0.15) is 5.60 Å². The minimum atomic E-state index is -1.33. The highest BCUT2D eigenvalue weighted by Crippen LogP contribution is 2.43. The summed E-state index contributed by atoms with van der Waals surface area (Å²) in [5, 5.41) is 30.4. The minimum absolute atomic E-state index is 0.0202. The molecular formula is C20H32O4. The van der Waals surface area contributed by atoms with Crippen LogP contribution in [0.4, 0.5) is 0 Å². The number of fused-ring (bicyclic) bond motifs is 1. The predicted octanol–water partition coefficient (Wildman–Crippen LogP) is 3.03. The molecule has 4 heteroatoms. The van der Waals surface area contributed by atoms with Gasteiger partial charge in [0, 0.05) is 6.42 Å². The van der Waals surface area contributed by atoms with Crippen LogP contribution in [0.2, 0.25) is 0 Å². The lowest BCUT2D eigenvalue weighted by Crippen LogP contribution is -2.33. The zero-order chi connectivity index (χ0) is 18.0. The number of hydrogen-bond acceptors (Lipinski definition) is 4. The van der Waals surface area contributed by atoms with Crippen LogP contribution >= 0.6 is 0 Å². The van der Waals surface area contributed by atoms with Gasteiger partial charge in [0.05, 0.1) is 24.4 Å². The first kappa shape index (κ1) is 19.4. The SMILES string of the molecule is CC1=CC=C(C(C)(O)CO)CC(O)C(C)=CCCC2(C)OC2CC1.